The van der Waals surface area contributed by atoms with E-state index in [1.165, 1.54) is 25.3 Å². The van der Waals surface area contributed by atoms with Crippen LogP contribution in [0.25, 0.3) is 0 Å². The Morgan fingerprint density at radius 1 is 1.50 bits per heavy atom. The Morgan fingerprint density at radius 2 is 2.19 bits per heavy atom. The second-order valence-electron chi connectivity index (χ2n) is 2.82. The maximum absolute atomic E-state index is 11.0. The van der Waals surface area contributed by atoms with Crippen LogP contribution >= 0.6 is 0 Å². The standard InChI is InChI=1S/C11H9NO4/c1-3-10(13)12-8-6-7(11(14)15)4-5-9(8)16-2/h1,4-6H,2H3,(H,12,13)(H,14,15). The molecule has 82 valence electrons. The highest BCUT2D eigenvalue weighted by atomic mass is 16.5. The zero-order valence-corrected chi connectivity index (χ0v) is 8.48. The van der Waals surface area contributed by atoms with E-state index >= 15 is 0 Å². The van der Waals surface area contributed by atoms with E-state index in [1.807, 2.05) is 5.92 Å². The predicted molar refractivity (Wildman–Crippen MR) is 57.4 cm³/mol. The Kier molecular flexibility index (Phi) is 3.51. The van der Waals surface area contributed by atoms with Crippen LogP contribution in [0.3, 0.4) is 0 Å². The van der Waals surface area contributed by atoms with Crippen molar-refractivity contribution in [2.75, 3.05) is 12.4 Å². The summed E-state index contributed by atoms with van der Waals surface area (Å²) in [7, 11) is 1.40. The smallest absolute Gasteiger partial charge is 0.335 e. The molecule has 0 radical (unpaired) electrons. The zero-order chi connectivity index (χ0) is 12.1. The highest BCUT2D eigenvalue weighted by Crippen LogP contribution is 2.25. The number of aromatic carboxylic acids is 1. The number of hydrogen-bond acceptors (Lipinski definition) is 3. The maximum Gasteiger partial charge on any atom is 0.335 e. The minimum absolute atomic E-state index is 0.0353. The molecular weight excluding hydrogens is 210 g/mol. The molecule has 0 heterocycles. The van der Waals surface area contributed by atoms with Crippen LogP contribution in [0.5, 0.6) is 5.75 Å². The van der Waals surface area contributed by atoms with Crippen LogP contribution in [-0.4, -0.2) is 24.1 Å². The second-order valence-corrected chi connectivity index (χ2v) is 2.82. The summed E-state index contributed by atoms with van der Waals surface area (Å²) in [6, 6.07) is 4.08. The SMILES string of the molecule is C#CC(=O)Nc1cc(C(=O)O)ccc1OC. The van der Waals surface area contributed by atoms with Gasteiger partial charge in [-0.05, 0) is 24.1 Å². The monoisotopic (exact) mass is 219 g/mol. The summed E-state index contributed by atoms with van der Waals surface area (Å²) in [5.74, 6) is 0.438. The Morgan fingerprint density at radius 3 is 2.69 bits per heavy atom. The van der Waals surface area contributed by atoms with Crippen molar-refractivity contribution in [2.45, 2.75) is 0 Å². The van der Waals surface area contributed by atoms with Crippen molar-refractivity contribution in [1.82, 2.24) is 0 Å². The van der Waals surface area contributed by atoms with Gasteiger partial charge in [0.2, 0.25) is 0 Å². The number of carboxylic acids is 1. The molecule has 0 spiro atoms. The molecule has 0 aliphatic carbocycles. The van der Waals surface area contributed by atoms with Crippen LogP contribution in [0, 0.1) is 12.3 Å². The van der Waals surface area contributed by atoms with Crippen LogP contribution in [0.15, 0.2) is 18.2 Å². The van der Waals surface area contributed by atoms with Crippen molar-refractivity contribution < 1.29 is 19.4 Å². The molecule has 5 heteroatoms. The van der Waals surface area contributed by atoms with E-state index in [0.29, 0.717) is 5.75 Å². The summed E-state index contributed by atoms with van der Waals surface area (Å²) < 4.78 is 4.95. The van der Waals surface area contributed by atoms with Crippen molar-refractivity contribution in [3.8, 4) is 18.1 Å². The van der Waals surface area contributed by atoms with Crippen LogP contribution in [-0.2, 0) is 4.79 Å². The fourth-order valence-electron chi connectivity index (χ4n) is 1.10. The Bertz CT molecular complexity index is 473. The normalized spacial score (nSPS) is 9.00. The fourth-order valence-corrected chi connectivity index (χ4v) is 1.10. The predicted octanol–water partition coefficient (Wildman–Crippen LogP) is 0.965. The quantitative estimate of drug-likeness (QED) is 0.742. The number of ether oxygens (including phenoxy) is 1. The number of methoxy groups -OCH3 is 1. The zero-order valence-electron chi connectivity index (χ0n) is 8.48. The first kappa shape index (κ1) is 11.6. The molecular formula is C11H9NO4. The molecule has 2 N–H and O–H groups in total. The van der Waals surface area contributed by atoms with E-state index in [-0.39, 0.29) is 11.3 Å². The molecule has 0 unspecified atom stereocenters. The van der Waals surface area contributed by atoms with E-state index in [9.17, 15) is 9.59 Å². The average molecular weight is 219 g/mol. The number of carbonyl (C=O) groups is 2. The molecule has 0 saturated heterocycles. The van der Waals surface area contributed by atoms with Gasteiger partial charge in [0.15, 0.2) is 0 Å². The number of rotatable bonds is 3. The summed E-state index contributed by atoms with van der Waals surface area (Å²) >= 11 is 0. The van der Waals surface area contributed by atoms with E-state index in [0.717, 1.165) is 0 Å². The number of carbonyl (C=O) groups excluding carboxylic acids is 1. The van der Waals surface area contributed by atoms with Crippen molar-refractivity contribution in [3.63, 3.8) is 0 Å². The number of terminal acetylenes is 1. The topological polar surface area (TPSA) is 75.6 Å². The van der Waals surface area contributed by atoms with Crippen LogP contribution < -0.4 is 10.1 Å². The molecule has 0 atom stereocenters. The maximum atomic E-state index is 11.0. The molecule has 1 aromatic carbocycles. The van der Waals surface area contributed by atoms with Gasteiger partial charge in [0.25, 0.3) is 5.91 Å². The lowest BCUT2D eigenvalue weighted by atomic mass is 10.2. The summed E-state index contributed by atoms with van der Waals surface area (Å²) in [5, 5.41) is 11.1. The number of amides is 1. The Labute approximate surface area is 92.0 Å². The molecule has 1 amide bonds. The third-order valence-electron chi connectivity index (χ3n) is 1.83. The van der Waals surface area contributed by atoms with Gasteiger partial charge >= 0.3 is 5.97 Å². The molecule has 0 bridgehead atoms. The lowest BCUT2D eigenvalue weighted by Crippen LogP contribution is -2.10. The highest BCUT2D eigenvalue weighted by Gasteiger charge is 2.10. The van der Waals surface area contributed by atoms with Gasteiger partial charge in [0.1, 0.15) is 5.75 Å². The lowest BCUT2D eigenvalue weighted by molar-refractivity contribution is -0.111. The van der Waals surface area contributed by atoms with Gasteiger partial charge in [0, 0.05) is 0 Å². The van der Waals surface area contributed by atoms with Crippen molar-refractivity contribution in [1.29, 1.82) is 0 Å². The molecule has 0 fully saturated rings. The van der Waals surface area contributed by atoms with E-state index < -0.39 is 11.9 Å². The Hall–Kier alpha value is -2.48. The molecule has 1 rings (SSSR count). The van der Waals surface area contributed by atoms with Crippen LogP contribution in [0.4, 0.5) is 5.69 Å². The summed E-state index contributed by atoms with van der Waals surface area (Å²) in [5.41, 5.74) is 0.262. The van der Waals surface area contributed by atoms with Crippen molar-refractivity contribution >= 4 is 17.6 Å². The molecule has 0 aromatic heterocycles. The molecule has 16 heavy (non-hydrogen) atoms. The number of benzene rings is 1. The molecule has 5 nitrogen and oxygen atoms in total. The number of hydrogen-bond donors (Lipinski definition) is 2. The number of carboxylic acid groups (broad SMARTS) is 1. The summed E-state index contributed by atoms with van der Waals surface area (Å²) in [6.07, 6.45) is 4.89. The molecule has 0 saturated carbocycles. The van der Waals surface area contributed by atoms with E-state index in [1.54, 1.807) is 0 Å². The van der Waals surface area contributed by atoms with Gasteiger partial charge in [0.05, 0.1) is 18.4 Å². The molecule has 0 aliphatic heterocycles. The first-order chi connectivity index (χ1) is 7.58. The Balaban J connectivity index is 3.12. The number of anilines is 1. The third-order valence-corrected chi connectivity index (χ3v) is 1.83. The summed E-state index contributed by atoms with van der Waals surface area (Å²) in [6.45, 7) is 0. The van der Waals surface area contributed by atoms with Crippen LogP contribution in [0.2, 0.25) is 0 Å². The van der Waals surface area contributed by atoms with E-state index in [4.69, 9.17) is 16.3 Å². The van der Waals surface area contributed by atoms with Crippen molar-refractivity contribution in [3.05, 3.63) is 23.8 Å². The largest absolute Gasteiger partial charge is 0.495 e. The minimum atomic E-state index is -1.10. The van der Waals surface area contributed by atoms with Gasteiger partial charge in [-0.3, -0.25) is 4.79 Å². The summed E-state index contributed by atoms with van der Waals surface area (Å²) in [4.78, 5) is 21.7. The van der Waals surface area contributed by atoms with Gasteiger partial charge < -0.3 is 15.2 Å². The average Bonchev–Trinajstić information content (AvgIpc) is 2.28. The fraction of sp³-hybridized carbons (Fsp3) is 0.0909. The van der Waals surface area contributed by atoms with Gasteiger partial charge in [-0.25, -0.2) is 4.79 Å². The number of nitrogens with one attached hydrogen (secondary N) is 1. The van der Waals surface area contributed by atoms with Gasteiger partial charge in [-0.1, -0.05) is 0 Å². The van der Waals surface area contributed by atoms with E-state index in [2.05, 4.69) is 5.32 Å². The van der Waals surface area contributed by atoms with Gasteiger partial charge in [-0.2, -0.15) is 0 Å². The second kappa shape index (κ2) is 4.84. The van der Waals surface area contributed by atoms with Crippen molar-refractivity contribution in [2.24, 2.45) is 0 Å². The highest BCUT2D eigenvalue weighted by molar-refractivity contribution is 6.05. The van der Waals surface area contributed by atoms with Gasteiger partial charge in [-0.15, -0.1) is 6.42 Å². The van der Waals surface area contributed by atoms with Crippen LogP contribution in [0.1, 0.15) is 10.4 Å². The first-order valence-electron chi connectivity index (χ1n) is 4.27. The molecule has 0 aliphatic rings. The third kappa shape index (κ3) is 2.51. The molecule has 1 aromatic rings. The first-order valence-corrected chi connectivity index (χ1v) is 4.27. The lowest BCUT2D eigenvalue weighted by Gasteiger charge is -2.08. The minimum Gasteiger partial charge on any atom is -0.495 e.